The fourth-order valence-corrected chi connectivity index (χ4v) is 5.58. The van der Waals surface area contributed by atoms with E-state index in [9.17, 15) is 8.78 Å². The summed E-state index contributed by atoms with van der Waals surface area (Å²) >= 11 is 1.63. The molecule has 25 heavy (non-hydrogen) atoms. The van der Waals surface area contributed by atoms with Crippen molar-refractivity contribution in [1.29, 1.82) is 0 Å². The molecule has 0 radical (unpaired) electrons. The molecule has 4 rings (SSSR count). The second-order valence-corrected chi connectivity index (χ2v) is 8.86. The first kappa shape index (κ1) is 17.6. The SMILES string of the molecule is FC1(F)CCC(c2nnc(N3CCC(N4CCCCC4)CC3)s2)CC1. The van der Waals surface area contributed by atoms with Crippen LogP contribution in [0.15, 0.2) is 0 Å². The number of alkyl halides is 2. The van der Waals surface area contributed by atoms with Crippen molar-refractivity contribution in [3.63, 3.8) is 0 Å². The van der Waals surface area contributed by atoms with Gasteiger partial charge in [-0.05, 0) is 51.6 Å². The number of hydrogen-bond donors (Lipinski definition) is 0. The Labute approximate surface area is 152 Å². The van der Waals surface area contributed by atoms with Gasteiger partial charge in [-0.1, -0.05) is 17.8 Å². The molecular weight excluding hydrogens is 342 g/mol. The van der Waals surface area contributed by atoms with E-state index in [4.69, 9.17) is 0 Å². The van der Waals surface area contributed by atoms with Gasteiger partial charge in [0.2, 0.25) is 11.1 Å². The van der Waals surface area contributed by atoms with Crippen LogP contribution in [0.4, 0.5) is 13.9 Å². The minimum Gasteiger partial charge on any atom is -0.347 e. The molecule has 1 aliphatic carbocycles. The highest BCUT2D eigenvalue weighted by Crippen LogP contribution is 2.42. The molecule has 0 bridgehead atoms. The average molecular weight is 371 g/mol. The lowest BCUT2D eigenvalue weighted by molar-refractivity contribution is -0.0382. The summed E-state index contributed by atoms with van der Waals surface area (Å²) in [5.41, 5.74) is 0. The molecule has 3 fully saturated rings. The van der Waals surface area contributed by atoms with Crippen molar-refractivity contribution in [3.05, 3.63) is 5.01 Å². The number of anilines is 1. The standard InChI is InChI=1S/C18H28F2N4S/c19-18(20)8-4-14(5-9-18)16-21-22-17(25-16)24-12-6-15(7-13-24)23-10-2-1-3-11-23/h14-15H,1-13H2. The normalized spacial score (nSPS) is 26.9. The van der Waals surface area contributed by atoms with Crippen LogP contribution in [0.25, 0.3) is 0 Å². The lowest BCUT2D eigenvalue weighted by Gasteiger charge is -2.40. The molecule has 0 unspecified atom stereocenters. The van der Waals surface area contributed by atoms with Crippen molar-refractivity contribution in [2.45, 2.75) is 75.7 Å². The Bertz CT molecular complexity index is 555. The van der Waals surface area contributed by atoms with Crippen molar-refractivity contribution in [2.75, 3.05) is 31.1 Å². The lowest BCUT2D eigenvalue weighted by atomic mass is 9.87. The highest BCUT2D eigenvalue weighted by Gasteiger charge is 2.37. The van der Waals surface area contributed by atoms with Crippen LogP contribution >= 0.6 is 11.3 Å². The van der Waals surface area contributed by atoms with Gasteiger partial charge in [-0.25, -0.2) is 8.78 Å². The second-order valence-electron chi connectivity index (χ2n) is 7.87. The maximum absolute atomic E-state index is 13.3. The highest BCUT2D eigenvalue weighted by atomic mass is 32.1. The Hall–Kier alpha value is -0.820. The fraction of sp³-hybridized carbons (Fsp3) is 0.889. The van der Waals surface area contributed by atoms with Crippen LogP contribution in [-0.4, -0.2) is 53.2 Å². The molecule has 1 saturated carbocycles. The van der Waals surface area contributed by atoms with Crippen LogP contribution in [0.2, 0.25) is 0 Å². The summed E-state index contributed by atoms with van der Waals surface area (Å²) in [5.74, 6) is -2.29. The quantitative estimate of drug-likeness (QED) is 0.795. The Kier molecular flexibility index (Phi) is 5.23. The molecule has 0 N–H and O–H groups in total. The predicted octanol–water partition coefficient (Wildman–Crippen LogP) is 4.29. The molecule has 3 aliphatic rings. The summed E-state index contributed by atoms with van der Waals surface area (Å²) in [5, 5.41) is 10.7. The molecule has 1 aromatic rings. The van der Waals surface area contributed by atoms with E-state index in [1.807, 2.05) is 0 Å². The Morgan fingerprint density at radius 2 is 1.56 bits per heavy atom. The van der Waals surface area contributed by atoms with Gasteiger partial charge in [-0.15, -0.1) is 10.2 Å². The summed E-state index contributed by atoms with van der Waals surface area (Å²) in [7, 11) is 0. The van der Waals surface area contributed by atoms with E-state index in [-0.39, 0.29) is 18.8 Å². The number of rotatable bonds is 3. The van der Waals surface area contributed by atoms with Crippen molar-refractivity contribution in [3.8, 4) is 0 Å². The molecule has 0 amide bonds. The lowest BCUT2D eigenvalue weighted by Crippen LogP contribution is -2.46. The molecule has 4 nitrogen and oxygen atoms in total. The highest BCUT2D eigenvalue weighted by molar-refractivity contribution is 7.15. The van der Waals surface area contributed by atoms with Gasteiger partial charge in [-0.3, -0.25) is 0 Å². The van der Waals surface area contributed by atoms with Gasteiger partial charge in [0.05, 0.1) is 0 Å². The van der Waals surface area contributed by atoms with Gasteiger partial charge >= 0.3 is 0 Å². The third kappa shape index (κ3) is 4.13. The third-order valence-corrected chi connectivity index (χ3v) is 7.28. The van der Waals surface area contributed by atoms with E-state index in [0.717, 1.165) is 29.3 Å². The van der Waals surface area contributed by atoms with Gasteiger partial charge in [0.15, 0.2) is 0 Å². The van der Waals surface area contributed by atoms with Crippen LogP contribution in [0.5, 0.6) is 0 Å². The number of halogens is 2. The summed E-state index contributed by atoms with van der Waals surface area (Å²) in [6.45, 7) is 4.61. The van der Waals surface area contributed by atoms with Crippen LogP contribution < -0.4 is 4.90 Å². The first-order valence-electron chi connectivity index (χ1n) is 9.81. The number of hydrogen-bond acceptors (Lipinski definition) is 5. The van der Waals surface area contributed by atoms with Gasteiger partial charge < -0.3 is 9.80 Å². The molecule has 2 aliphatic heterocycles. The minimum atomic E-state index is -2.47. The molecule has 0 spiro atoms. The number of piperidine rings is 2. The van der Waals surface area contributed by atoms with Crippen molar-refractivity contribution < 1.29 is 8.78 Å². The van der Waals surface area contributed by atoms with E-state index in [2.05, 4.69) is 20.0 Å². The van der Waals surface area contributed by atoms with Gasteiger partial charge in [0, 0.05) is 37.9 Å². The van der Waals surface area contributed by atoms with E-state index in [1.54, 1.807) is 11.3 Å². The zero-order chi connectivity index (χ0) is 17.3. The van der Waals surface area contributed by atoms with Gasteiger partial charge in [0.25, 0.3) is 0 Å². The fourth-order valence-electron chi connectivity index (χ4n) is 4.51. The summed E-state index contributed by atoms with van der Waals surface area (Å²) in [6, 6.07) is 0.726. The number of aromatic nitrogens is 2. The topological polar surface area (TPSA) is 32.3 Å². The molecule has 7 heteroatoms. The first-order valence-corrected chi connectivity index (χ1v) is 10.6. The van der Waals surface area contributed by atoms with Gasteiger partial charge in [0.1, 0.15) is 5.01 Å². The molecule has 2 saturated heterocycles. The Balaban J connectivity index is 1.31. The average Bonchev–Trinajstić information content (AvgIpc) is 3.13. The van der Waals surface area contributed by atoms with Gasteiger partial charge in [-0.2, -0.15) is 0 Å². The van der Waals surface area contributed by atoms with E-state index < -0.39 is 5.92 Å². The Morgan fingerprint density at radius 1 is 0.880 bits per heavy atom. The predicted molar refractivity (Wildman–Crippen MR) is 96.7 cm³/mol. The molecule has 0 atom stereocenters. The number of nitrogens with zero attached hydrogens (tertiary/aromatic N) is 4. The first-order chi connectivity index (χ1) is 12.1. The van der Waals surface area contributed by atoms with E-state index in [1.165, 1.54) is 45.2 Å². The van der Waals surface area contributed by atoms with Crippen molar-refractivity contribution in [1.82, 2.24) is 15.1 Å². The summed E-state index contributed by atoms with van der Waals surface area (Å²) in [4.78, 5) is 5.02. The molecular formula is C18H28F2N4S. The number of likely N-dealkylation sites (tertiary alicyclic amines) is 1. The zero-order valence-corrected chi connectivity index (χ0v) is 15.6. The largest absolute Gasteiger partial charge is 0.347 e. The monoisotopic (exact) mass is 370 g/mol. The molecule has 140 valence electrons. The summed E-state index contributed by atoms with van der Waals surface area (Å²) in [6.07, 6.45) is 7.55. The third-order valence-electron chi connectivity index (χ3n) is 6.14. The Morgan fingerprint density at radius 3 is 2.24 bits per heavy atom. The van der Waals surface area contributed by atoms with E-state index >= 15 is 0 Å². The minimum absolute atomic E-state index is 0.00614. The maximum Gasteiger partial charge on any atom is 0.248 e. The van der Waals surface area contributed by atoms with Crippen molar-refractivity contribution in [2.24, 2.45) is 0 Å². The zero-order valence-electron chi connectivity index (χ0n) is 14.8. The van der Waals surface area contributed by atoms with Crippen LogP contribution in [0, 0.1) is 0 Å². The van der Waals surface area contributed by atoms with Crippen LogP contribution in [-0.2, 0) is 0 Å². The molecule has 3 heterocycles. The van der Waals surface area contributed by atoms with Crippen LogP contribution in [0.3, 0.4) is 0 Å². The van der Waals surface area contributed by atoms with Crippen LogP contribution in [0.1, 0.15) is 68.7 Å². The summed E-state index contributed by atoms with van der Waals surface area (Å²) < 4.78 is 26.7. The van der Waals surface area contributed by atoms with E-state index in [0.29, 0.717) is 12.8 Å². The maximum atomic E-state index is 13.3. The molecule has 1 aromatic heterocycles. The smallest absolute Gasteiger partial charge is 0.248 e. The second kappa shape index (κ2) is 7.43. The van der Waals surface area contributed by atoms with Crippen molar-refractivity contribution >= 4 is 16.5 Å². The molecule has 0 aromatic carbocycles.